The van der Waals surface area contributed by atoms with Gasteiger partial charge in [-0.25, -0.2) is 0 Å². The maximum atomic E-state index is 12.8. The van der Waals surface area contributed by atoms with Crippen LogP contribution < -0.4 is 4.74 Å². The van der Waals surface area contributed by atoms with Crippen molar-refractivity contribution < 1.29 is 9.53 Å². The smallest absolute Gasteiger partial charge is 0.255 e. The van der Waals surface area contributed by atoms with Crippen molar-refractivity contribution in [2.24, 2.45) is 0 Å². The molecule has 0 atom stereocenters. The fourth-order valence-electron chi connectivity index (χ4n) is 3.34. The highest BCUT2D eigenvalue weighted by atomic mass is 16.5. The Morgan fingerprint density at radius 2 is 2.04 bits per heavy atom. The standard InChI is InChI=1S/C21H22N4O2/c1-2-27-19-8-6-16(7-9-19)20-13-18-15-24(11-4-12-25(18)23-20)21(26)17-5-3-10-22-14-17/h3,5-10,13-14H,2,4,11-12,15H2,1H3. The predicted molar refractivity (Wildman–Crippen MR) is 102 cm³/mol. The van der Waals surface area contributed by atoms with Gasteiger partial charge in [0.25, 0.3) is 5.91 Å². The summed E-state index contributed by atoms with van der Waals surface area (Å²) in [5.41, 5.74) is 3.64. The molecule has 1 aromatic carbocycles. The van der Waals surface area contributed by atoms with E-state index in [9.17, 15) is 4.79 Å². The lowest BCUT2D eigenvalue weighted by molar-refractivity contribution is 0.0745. The number of carbonyl (C=O) groups excluding carboxylic acids is 1. The molecule has 0 unspecified atom stereocenters. The van der Waals surface area contributed by atoms with Crippen molar-refractivity contribution in [2.75, 3.05) is 13.2 Å². The van der Waals surface area contributed by atoms with Gasteiger partial charge < -0.3 is 9.64 Å². The van der Waals surface area contributed by atoms with Gasteiger partial charge in [-0.2, -0.15) is 5.10 Å². The van der Waals surface area contributed by atoms with Gasteiger partial charge in [0.1, 0.15) is 5.75 Å². The van der Waals surface area contributed by atoms with Crippen molar-refractivity contribution in [1.82, 2.24) is 19.7 Å². The van der Waals surface area contributed by atoms with E-state index in [1.165, 1.54) is 0 Å². The number of hydrogen-bond acceptors (Lipinski definition) is 4. The molecular weight excluding hydrogens is 340 g/mol. The van der Waals surface area contributed by atoms with Gasteiger partial charge in [-0.05, 0) is 55.8 Å². The minimum Gasteiger partial charge on any atom is -0.494 e. The molecule has 6 nitrogen and oxygen atoms in total. The molecular formula is C21H22N4O2. The molecule has 1 amide bonds. The zero-order valence-corrected chi connectivity index (χ0v) is 15.3. The summed E-state index contributed by atoms with van der Waals surface area (Å²) in [6.45, 7) is 4.70. The lowest BCUT2D eigenvalue weighted by Crippen LogP contribution is -2.30. The zero-order chi connectivity index (χ0) is 18.6. The highest BCUT2D eigenvalue weighted by Gasteiger charge is 2.22. The number of rotatable bonds is 4. The van der Waals surface area contributed by atoms with Gasteiger partial charge in [0.2, 0.25) is 0 Å². The summed E-state index contributed by atoms with van der Waals surface area (Å²) in [5, 5.41) is 4.75. The number of carbonyl (C=O) groups is 1. The predicted octanol–water partition coefficient (Wildman–Crippen LogP) is 3.39. The average Bonchev–Trinajstić information content (AvgIpc) is 3.00. The summed E-state index contributed by atoms with van der Waals surface area (Å²) in [6, 6.07) is 13.6. The van der Waals surface area contributed by atoms with Crippen LogP contribution in [0.25, 0.3) is 11.3 Å². The molecule has 0 spiro atoms. The van der Waals surface area contributed by atoms with E-state index in [0.29, 0.717) is 18.7 Å². The van der Waals surface area contributed by atoms with Crippen LogP contribution in [0.3, 0.4) is 0 Å². The average molecular weight is 362 g/mol. The van der Waals surface area contributed by atoms with Crippen LogP contribution in [-0.2, 0) is 13.1 Å². The van der Waals surface area contributed by atoms with Gasteiger partial charge in [0.05, 0.1) is 30.1 Å². The summed E-state index contributed by atoms with van der Waals surface area (Å²) in [4.78, 5) is 18.7. The number of aromatic nitrogens is 3. The van der Waals surface area contributed by atoms with Crippen molar-refractivity contribution in [1.29, 1.82) is 0 Å². The maximum Gasteiger partial charge on any atom is 0.255 e. The molecule has 0 N–H and O–H groups in total. The molecule has 1 aliphatic rings. The molecule has 2 aromatic heterocycles. The van der Waals surface area contributed by atoms with E-state index < -0.39 is 0 Å². The fourth-order valence-corrected chi connectivity index (χ4v) is 3.34. The van der Waals surface area contributed by atoms with Gasteiger partial charge >= 0.3 is 0 Å². The van der Waals surface area contributed by atoms with Crippen LogP contribution in [0.2, 0.25) is 0 Å². The van der Waals surface area contributed by atoms with E-state index in [2.05, 4.69) is 11.1 Å². The Labute approximate surface area is 158 Å². The first-order chi connectivity index (χ1) is 13.2. The van der Waals surface area contributed by atoms with Crippen LogP contribution in [0, 0.1) is 0 Å². The number of fused-ring (bicyclic) bond motifs is 1. The molecule has 3 aromatic rings. The summed E-state index contributed by atoms with van der Waals surface area (Å²) < 4.78 is 7.52. The third-order valence-electron chi connectivity index (χ3n) is 4.67. The molecule has 0 saturated heterocycles. The largest absolute Gasteiger partial charge is 0.494 e. The zero-order valence-electron chi connectivity index (χ0n) is 15.3. The third-order valence-corrected chi connectivity index (χ3v) is 4.67. The van der Waals surface area contributed by atoms with E-state index in [0.717, 1.165) is 42.2 Å². The third kappa shape index (κ3) is 3.69. The topological polar surface area (TPSA) is 60.2 Å². The van der Waals surface area contributed by atoms with Crippen LogP contribution in [0.4, 0.5) is 0 Å². The number of hydrogen-bond donors (Lipinski definition) is 0. The maximum absolute atomic E-state index is 12.8. The molecule has 0 fully saturated rings. The fraction of sp³-hybridized carbons (Fsp3) is 0.286. The van der Waals surface area contributed by atoms with Crippen LogP contribution in [0.15, 0.2) is 54.9 Å². The Morgan fingerprint density at radius 1 is 1.19 bits per heavy atom. The number of ether oxygens (including phenoxy) is 1. The van der Waals surface area contributed by atoms with E-state index >= 15 is 0 Å². The van der Waals surface area contributed by atoms with E-state index in [1.807, 2.05) is 46.8 Å². The van der Waals surface area contributed by atoms with Crippen molar-refractivity contribution in [3.63, 3.8) is 0 Å². The summed E-state index contributed by atoms with van der Waals surface area (Å²) >= 11 is 0. The summed E-state index contributed by atoms with van der Waals surface area (Å²) in [5.74, 6) is 0.871. The first-order valence-corrected chi connectivity index (χ1v) is 9.24. The second-order valence-corrected chi connectivity index (χ2v) is 6.52. The van der Waals surface area contributed by atoms with E-state index in [4.69, 9.17) is 9.84 Å². The first-order valence-electron chi connectivity index (χ1n) is 9.24. The second kappa shape index (κ2) is 7.61. The van der Waals surface area contributed by atoms with Gasteiger partial charge in [0, 0.05) is 31.0 Å². The summed E-state index contributed by atoms with van der Waals surface area (Å²) in [7, 11) is 0. The highest BCUT2D eigenvalue weighted by molar-refractivity contribution is 5.93. The Hall–Kier alpha value is -3.15. The minimum absolute atomic E-state index is 0.0142. The monoisotopic (exact) mass is 362 g/mol. The molecule has 27 heavy (non-hydrogen) atoms. The quantitative estimate of drug-likeness (QED) is 0.714. The molecule has 0 bridgehead atoms. The van der Waals surface area contributed by atoms with Gasteiger partial charge in [0.15, 0.2) is 0 Å². The molecule has 0 aliphatic carbocycles. The molecule has 0 radical (unpaired) electrons. The first kappa shape index (κ1) is 17.3. The van der Waals surface area contributed by atoms with Crippen molar-refractivity contribution in [3.8, 4) is 17.0 Å². The Morgan fingerprint density at radius 3 is 2.78 bits per heavy atom. The SMILES string of the molecule is CCOc1ccc(-c2cc3n(n2)CCCN(C(=O)c2cccnc2)C3)cc1. The molecule has 3 heterocycles. The molecule has 6 heteroatoms. The van der Waals surface area contributed by atoms with Crippen LogP contribution in [0.1, 0.15) is 29.4 Å². The van der Waals surface area contributed by atoms with Crippen LogP contribution >= 0.6 is 0 Å². The summed E-state index contributed by atoms with van der Waals surface area (Å²) in [6.07, 6.45) is 4.18. The van der Waals surface area contributed by atoms with Crippen molar-refractivity contribution in [3.05, 3.63) is 66.1 Å². The van der Waals surface area contributed by atoms with Gasteiger partial charge in [-0.3, -0.25) is 14.5 Å². The van der Waals surface area contributed by atoms with E-state index in [-0.39, 0.29) is 5.91 Å². The van der Waals surface area contributed by atoms with Gasteiger partial charge in [-0.1, -0.05) is 0 Å². The molecule has 0 saturated carbocycles. The Kier molecular flexibility index (Phi) is 4.87. The number of aryl methyl sites for hydroxylation is 1. The normalized spacial score (nSPS) is 13.7. The highest BCUT2D eigenvalue weighted by Crippen LogP contribution is 2.24. The van der Waals surface area contributed by atoms with Crippen LogP contribution in [0.5, 0.6) is 5.75 Å². The Bertz CT molecular complexity index is 919. The molecule has 4 rings (SSSR count). The van der Waals surface area contributed by atoms with Crippen molar-refractivity contribution >= 4 is 5.91 Å². The lowest BCUT2D eigenvalue weighted by atomic mass is 10.1. The van der Waals surface area contributed by atoms with Gasteiger partial charge in [-0.15, -0.1) is 0 Å². The van der Waals surface area contributed by atoms with Crippen LogP contribution in [-0.4, -0.2) is 38.7 Å². The molecule has 138 valence electrons. The lowest BCUT2D eigenvalue weighted by Gasteiger charge is -2.19. The number of amides is 1. The number of benzene rings is 1. The second-order valence-electron chi connectivity index (χ2n) is 6.52. The Balaban J connectivity index is 1.56. The van der Waals surface area contributed by atoms with E-state index in [1.54, 1.807) is 18.5 Å². The number of nitrogens with zero attached hydrogens (tertiary/aromatic N) is 4. The number of pyridine rings is 1. The van der Waals surface area contributed by atoms with Crippen molar-refractivity contribution in [2.45, 2.75) is 26.4 Å². The molecule has 1 aliphatic heterocycles. The minimum atomic E-state index is 0.0142.